The molecule has 0 saturated heterocycles. The third-order valence-corrected chi connectivity index (χ3v) is 3.37. The Bertz CT molecular complexity index is 762. The fraction of sp³-hybridized carbons (Fsp3) is 0.118. The van der Waals surface area contributed by atoms with Gasteiger partial charge in [0.05, 0.1) is 5.39 Å². The Labute approximate surface area is 109 Å². The van der Waals surface area contributed by atoms with Gasteiger partial charge in [0.1, 0.15) is 8.42 Å². The Hall–Kier alpha value is -2.15. The van der Waals surface area contributed by atoms with Crippen molar-refractivity contribution in [3.05, 3.63) is 66.3 Å². The molecule has 2 aromatic carbocycles. The number of aromatic nitrogens is 1. The fourth-order valence-corrected chi connectivity index (χ4v) is 2.41. The Morgan fingerprint density at radius 3 is 2.50 bits per heavy atom. The van der Waals surface area contributed by atoms with Gasteiger partial charge < -0.3 is 0 Å². The molecular weight excluding hydrogens is 218 g/mol. The molecule has 1 nitrogen and oxygen atoms in total. The number of fused-ring (bicyclic) bond motifs is 1. The zero-order valence-corrected chi connectivity index (χ0v) is 10.6. The average Bonchev–Trinajstić information content (AvgIpc) is 2.42. The van der Waals surface area contributed by atoms with Crippen molar-refractivity contribution in [3.8, 4) is 11.3 Å². The summed E-state index contributed by atoms with van der Waals surface area (Å²) in [5.41, 5.74) is 3.53. The van der Waals surface area contributed by atoms with Gasteiger partial charge in [-0.25, -0.2) is 4.57 Å². The summed E-state index contributed by atoms with van der Waals surface area (Å²) in [5.74, 6) is 0. The molecule has 88 valence electrons. The van der Waals surface area contributed by atoms with Crippen LogP contribution in [0.1, 0.15) is 6.93 Å². The van der Waals surface area contributed by atoms with Crippen molar-refractivity contribution in [2.24, 2.45) is 7.05 Å². The minimum atomic E-state index is 0.525. The van der Waals surface area contributed by atoms with Gasteiger partial charge in [-0.1, -0.05) is 36.4 Å². The summed E-state index contributed by atoms with van der Waals surface area (Å²) >= 11 is 0. The van der Waals surface area contributed by atoms with Crippen LogP contribution < -0.4 is 4.57 Å². The van der Waals surface area contributed by atoms with Gasteiger partial charge in [-0.3, -0.25) is 0 Å². The Balaban J connectivity index is 2.46. The van der Waals surface area contributed by atoms with Crippen LogP contribution in [-0.4, -0.2) is 0 Å². The lowest BCUT2D eigenvalue weighted by atomic mass is 10.00. The molecule has 0 aliphatic heterocycles. The molecule has 0 saturated carbocycles. The lowest BCUT2D eigenvalue weighted by Gasteiger charge is -2.07. The van der Waals surface area contributed by atoms with E-state index >= 15 is 0 Å². The molecule has 0 aliphatic rings. The molecule has 3 rings (SSSR count). The summed E-state index contributed by atoms with van der Waals surface area (Å²) in [6.07, 6.45) is 0.525. The van der Waals surface area contributed by atoms with E-state index in [9.17, 15) is 0 Å². The van der Waals surface area contributed by atoms with E-state index in [4.69, 9.17) is 1.37 Å². The summed E-state index contributed by atoms with van der Waals surface area (Å²) in [6.45, 7) is 2.11. The highest BCUT2D eigenvalue weighted by Gasteiger charge is 2.15. The molecule has 18 heavy (non-hydrogen) atoms. The van der Waals surface area contributed by atoms with Crippen LogP contribution in [0.15, 0.2) is 60.8 Å². The SMILES string of the molecule is [2H]c1cc2ccccc2c(-c2ccccc2C)[n+]1C. The number of hydrogen-bond acceptors (Lipinski definition) is 0. The molecule has 0 unspecified atom stereocenters. The topological polar surface area (TPSA) is 3.88 Å². The van der Waals surface area contributed by atoms with Gasteiger partial charge in [0, 0.05) is 11.6 Å². The summed E-state index contributed by atoms with van der Waals surface area (Å²) in [4.78, 5) is 0. The molecule has 1 heteroatoms. The first-order chi connectivity index (χ1) is 9.18. The summed E-state index contributed by atoms with van der Waals surface area (Å²) in [7, 11) is 1.95. The monoisotopic (exact) mass is 235 g/mol. The Morgan fingerprint density at radius 2 is 1.67 bits per heavy atom. The highest BCUT2D eigenvalue weighted by atomic mass is 14.9. The van der Waals surface area contributed by atoms with Crippen LogP contribution in [0.3, 0.4) is 0 Å². The summed E-state index contributed by atoms with van der Waals surface area (Å²) in [6, 6.07) is 18.5. The lowest BCUT2D eigenvalue weighted by Crippen LogP contribution is -2.30. The van der Waals surface area contributed by atoms with Crippen molar-refractivity contribution in [1.29, 1.82) is 0 Å². The van der Waals surface area contributed by atoms with Crippen molar-refractivity contribution >= 4 is 10.8 Å². The van der Waals surface area contributed by atoms with Gasteiger partial charge in [0.15, 0.2) is 6.17 Å². The first kappa shape index (κ1) is 9.84. The van der Waals surface area contributed by atoms with Crippen LogP contribution in [0.2, 0.25) is 0 Å². The van der Waals surface area contributed by atoms with Gasteiger partial charge in [0.25, 0.3) is 0 Å². The van der Waals surface area contributed by atoms with E-state index in [1.54, 1.807) is 0 Å². The van der Waals surface area contributed by atoms with Crippen LogP contribution in [0.4, 0.5) is 0 Å². The second-order valence-corrected chi connectivity index (χ2v) is 4.58. The molecule has 1 aromatic heterocycles. The van der Waals surface area contributed by atoms with E-state index in [0.29, 0.717) is 6.17 Å². The molecule has 0 bridgehead atoms. The molecule has 0 fully saturated rings. The third kappa shape index (κ3) is 1.68. The maximum atomic E-state index is 8.13. The van der Waals surface area contributed by atoms with Gasteiger partial charge in [-0.15, -0.1) is 0 Å². The second-order valence-electron chi connectivity index (χ2n) is 4.58. The highest BCUT2D eigenvalue weighted by Crippen LogP contribution is 2.27. The lowest BCUT2D eigenvalue weighted by molar-refractivity contribution is -0.659. The number of benzene rings is 2. The molecule has 0 N–H and O–H groups in total. The summed E-state index contributed by atoms with van der Waals surface area (Å²) in [5, 5.41) is 2.30. The maximum absolute atomic E-state index is 8.13. The molecular formula is C17H16N+. The van der Waals surface area contributed by atoms with E-state index < -0.39 is 0 Å². The van der Waals surface area contributed by atoms with E-state index in [-0.39, 0.29) is 0 Å². The number of nitrogens with zero attached hydrogens (tertiary/aromatic N) is 1. The number of hydrogen-bond donors (Lipinski definition) is 0. The van der Waals surface area contributed by atoms with E-state index in [0.717, 1.165) is 11.1 Å². The van der Waals surface area contributed by atoms with Gasteiger partial charge in [-0.2, -0.15) is 0 Å². The third-order valence-electron chi connectivity index (χ3n) is 3.37. The molecule has 0 atom stereocenters. The van der Waals surface area contributed by atoms with Crippen LogP contribution in [-0.2, 0) is 7.05 Å². The minimum Gasteiger partial charge on any atom is -0.200 e. The molecule has 0 amide bonds. The molecule has 0 radical (unpaired) electrons. The largest absolute Gasteiger partial charge is 0.220 e. The van der Waals surface area contributed by atoms with Crippen molar-refractivity contribution in [3.63, 3.8) is 0 Å². The first-order valence-corrected chi connectivity index (χ1v) is 6.13. The van der Waals surface area contributed by atoms with Crippen LogP contribution in [0, 0.1) is 6.92 Å². The fourth-order valence-electron chi connectivity index (χ4n) is 2.41. The van der Waals surface area contributed by atoms with Crippen LogP contribution >= 0.6 is 0 Å². The molecule has 0 aliphatic carbocycles. The molecule has 1 heterocycles. The summed E-state index contributed by atoms with van der Waals surface area (Å²) < 4.78 is 10.1. The number of pyridine rings is 1. The highest BCUT2D eigenvalue weighted by molar-refractivity contribution is 5.93. The van der Waals surface area contributed by atoms with Crippen molar-refractivity contribution in [1.82, 2.24) is 0 Å². The van der Waals surface area contributed by atoms with Crippen molar-refractivity contribution < 1.29 is 5.94 Å². The van der Waals surface area contributed by atoms with E-state index in [1.165, 1.54) is 16.5 Å². The van der Waals surface area contributed by atoms with Gasteiger partial charge in [0.2, 0.25) is 5.69 Å². The second kappa shape index (κ2) is 4.26. The average molecular weight is 235 g/mol. The quantitative estimate of drug-likeness (QED) is 0.567. The van der Waals surface area contributed by atoms with Crippen molar-refractivity contribution in [2.75, 3.05) is 0 Å². The first-order valence-electron chi connectivity index (χ1n) is 6.63. The standard InChI is InChI=1S/C17H16N/c1-13-7-3-5-9-15(13)17-16-10-6-4-8-14(16)11-12-18(17)2/h3-12H,1-2H3/q+1/i12D. The van der Waals surface area contributed by atoms with Gasteiger partial charge in [-0.05, 0) is 30.0 Å². The molecule has 0 spiro atoms. The van der Waals surface area contributed by atoms with E-state index in [2.05, 4.69) is 31.2 Å². The minimum absolute atomic E-state index is 0.525. The Kier molecular flexibility index (Phi) is 2.33. The number of rotatable bonds is 1. The van der Waals surface area contributed by atoms with Crippen molar-refractivity contribution in [2.45, 2.75) is 6.92 Å². The Morgan fingerprint density at radius 1 is 0.944 bits per heavy atom. The maximum Gasteiger partial charge on any atom is 0.220 e. The zero-order valence-electron chi connectivity index (χ0n) is 11.6. The number of aryl methyl sites for hydroxylation is 1. The predicted molar refractivity (Wildman–Crippen MR) is 75.3 cm³/mol. The van der Waals surface area contributed by atoms with Gasteiger partial charge >= 0.3 is 0 Å². The smallest absolute Gasteiger partial charge is 0.200 e. The zero-order chi connectivity index (χ0) is 13.4. The predicted octanol–water partition coefficient (Wildman–Crippen LogP) is 3.64. The normalized spacial score (nSPS) is 11.6. The molecule has 3 aromatic rings. The van der Waals surface area contributed by atoms with E-state index in [1.807, 2.05) is 41.9 Å². The van der Waals surface area contributed by atoms with Crippen LogP contribution in [0.5, 0.6) is 0 Å². The van der Waals surface area contributed by atoms with Crippen LogP contribution in [0.25, 0.3) is 22.0 Å².